The van der Waals surface area contributed by atoms with E-state index in [1.165, 1.54) is 7.11 Å². The van der Waals surface area contributed by atoms with Crippen LogP contribution in [-0.4, -0.2) is 18.9 Å². The van der Waals surface area contributed by atoms with Crippen LogP contribution in [0.5, 0.6) is 5.75 Å². The van der Waals surface area contributed by atoms with Crippen molar-refractivity contribution in [1.29, 1.82) is 0 Å². The van der Waals surface area contributed by atoms with Crippen molar-refractivity contribution in [2.45, 2.75) is 6.61 Å². The van der Waals surface area contributed by atoms with Gasteiger partial charge in [-0.15, -0.1) is 0 Å². The third-order valence-electron chi connectivity index (χ3n) is 3.93. The monoisotopic (exact) mass is 346 g/mol. The standard InChI is InChI=1S/C22H18O4/c1-25-22(24)19-9-7-17(8-10-19)21(23)18-11-13-20(14-12-18)26-15-16-5-3-2-4-6-16/h2-14H,15H2,1H3. The van der Waals surface area contributed by atoms with Crippen LogP contribution in [0.3, 0.4) is 0 Å². The summed E-state index contributed by atoms with van der Waals surface area (Å²) in [6.07, 6.45) is 0. The number of benzene rings is 3. The Labute approximate surface area is 152 Å². The van der Waals surface area contributed by atoms with Gasteiger partial charge < -0.3 is 9.47 Å². The third kappa shape index (κ3) is 4.16. The molecule has 0 aliphatic carbocycles. The van der Waals surface area contributed by atoms with Crippen molar-refractivity contribution in [2.75, 3.05) is 7.11 Å². The maximum Gasteiger partial charge on any atom is 0.337 e. The largest absolute Gasteiger partial charge is 0.489 e. The van der Waals surface area contributed by atoms with Crippen molar-refractivity contribution in [3.8, 4) is 5.75 Å². The number of methoxy groups -OCH3 is 1. The zero-order chi connectivity index (χ0) is 18.4. The Morgan fingerprint density at radius 1 is 0.731 bits per heavy atom. The molecule has 0 saturated carbocycles. The molecule has 4 nitrogen and oxygen atoms in total. The van der Waals surface area contributed by atoms with Crippen molar-refractivity contribution in [1.82, 2.24) is 0 Å². The van der Waals surface area contributed by atoms with E-state index in [9.17, 15) is 9.59 Å². The molecule has 0 aliphatic heterocycles. The van der Waals surface area contributed by atoms with E-state index in [4.69, 9.17) is 4.74 Å². The summed E-state index contributed by atoms with van der Waals surface area (Å²) in [4.78, 5) is 24.0. The molecule has 0 radical (unpaired) electrons. The predicted molar refractivity (Wildman–Crippen MR) is 98.4 cm³/mol. The van der Waals surface area contributed by atoms with Crippen LogP contribution in [0, 0.1) is 0 Å². The molecule has 3 aromatic carbocycles. The van der Waals surface area contributed by atoms with Crippen molar-refractivity contribution >= 4 is 11.8 Å². The van der Waals surface area contributed by atoms with E-state index in [0.717, 1.165) is 5.56 Å². The molecular weight excluding hydrogens is 328 g/mol. The lowest BCUT2D eigenvalue weighted by Gasteiger charge is -2.07. The highest BCUT2D eigenvalue weighted by atomic mass is 16.5. The van der Waals surface area contributed by atoms with Crippen molar-refractivity contribution in [3.05, 3.63) is 101 Å². The van der Waals surface area contributed by atoms with Crippen LogP contribution in [-0.2, 0) is 11.3 Å². The molecule has 130 valence electrons. The van der Waals surface area contributed by atoms with E-state index in [1.54, 1.807) is 48.5 Å². The Bertz CT molecular complexity index is 882. The van der Waals surface area contributed by atoms with Gasteiger partial charge in [0.1, 0.15) is 12.4 Å². The molecule has 0 bridgehead atoms. The van der Waals surface area contributed by atoms with Gasteiger partial charge in [-0.25, -0.2) is 4.79 Å². The van der Waals surface area contributed by atoms with E-state index >= 15 is 0 Å². The quantitative estimate of drug-likeness (QED) is 0.494. The molecule has 3 rings (SSSR count). The van der Waals surface area contributed by atoms with Gasteiger partial charge in [-0.1, -0.05) is 42.5 Å². The molecule has 0 spiro atoms. The Balaban J connectivity index is 1.66. The highest BCUT2D eigenvalue weighted by Crippen LogP contribution is 2.17. The second-order valence-electron chi connectivity index (χ2n) is 5.70. The normalized spacial score (nSPS) is 10.2. The predicted octanol–water partition coefficient (Wildman–Crippen LogP) is 4.28. The summed E-state index contributed by atoms with van der Waals surface area (Å²) in [6, 6.07) is 23.3. The number of ketones is 1. The fourth-order valence-corrected chi connectivity index (χ4v) is 2.49. The van der Waals surface area contributed by atoms with Crippen LogP contribution in [0.4, 0.5) is 0 Å². The molecule has 0 amide bonds. The summed E-state index contributed by atoms with van der Waals surface area (Å²) in [6.45, 7) is 0.475. The smallest absolute Gasteiger partial charge is 0.337 e. The van der Waals surface area contributed by atoms with Crippen molar-refractivity contribution < 1.29 is 19.1 Å². The first kappa shape index (κ1) is 17.4. The van der Waals surface area contributed by atoms with Crippen molar-refractivity contribution in [2.24, 2.45) is 0 Å². The van der Waals surface area contributed by atoms with E-state index in [-0.39, 0.29) is 5.78 Å². The van der Waals surface area contributed by atoms with Crippen LogP contribution in [0.25, 0.3) is 0 Å². The number of carbonyl (C=O) groups excluding carboxylic acids is 2. The van der Waals surface area contributed by atoms with Gasteiger partial charge in [0.25, 0.3) is 0 Å². The first-order chi connectivity index (χ1) is 12.7. The molecule has 0 saturated heterocycles. The Hall–Kier alpha value is -3.40. The first-order valence-corrected chi connectivity index (χ1v) is 8.17. The van der Waals surface area contributed by atoms with E-state index < -0.39 is 5.97 Å². The minimum absolute atomic E-state index is 0.115. The zero-order valence-corrected chi connectivity index (χ0v) is 14.3. The minimum Gasteiger partial charge on any atom is -0.489 e. The zero-order valence-electron chi connectivity index (χ0n) is 14.3. The van der Waals surface area contributed by atoms with Gasteiger partial charge in [0.15, 0.2) is 5.78 Å². The Morgan fingerprint density at radius 2 is 1.27 bits per heavy atom. The summed E-state index contributed by atoms with van der Waals surface area (Å²) in [5.41, 5.74) is 2.56. The Kier molecular flexibility index (Phi) is 5.44. The minimum atomic E-state index is -0.427. The van der Waals surface area contributed by atoms with Crippen LogP contribution in [0.1, 0.15) is 31.8 Å². The van der Waals surface area contributed by atoms with Crippen molar-refractivity contribution in [3.63, 3.8) is 0 Å². The van der Waals surface area contributed by atoms with Gasteiger partial charge in [0, 0.05) is 11.1 Å². The lowest BCUT2D eigenvalue weighted by molar-refractivity contribution is 0.0600. The van der Waals surface area contributed by atoms with Gasteiger partial charge in [0.05, 0.1) is 12.7 Å². The molecule has 0 N–H and O–H groups in total. The molecule has 26 heavy (non-hydrogen) atoms. The summed E-state index contributed by atoms with van der Waals surface area (Å²) in [7, 11) is 1.32. The number of esters is 1. The fourth-order valence-electron chi connectivity index (χ4n) is 2.49. The topological polar surface area (TPSA) is 52.6 Å². The first-order valence-electron chi connectivity index (χ1n) is 8.17. The molecule has 3 aromatic rings. The van der Waals surface area contributed by atoms with E-state index in [1.807, 2.05) is 30.3 Å². The third-order valence-corrected chi connectivity index (χ3v) is 3.93. The van der Waals surface area contributed by atoms with Crippen LogP contribution < -0.4 is 4.74 Å². The molecule has 0 heterocycles. The maximum absolute atomic E-state index is 12.5. The Morgan fingerprint density at radius 3 is 1.85 bits per heavy atom. The number of hydrogen-bond donors (Lipinski definition) is 0. The van der Waals surface area contributed by atoms with Gasteiger partial charge in [0.2, 0.25) is 0 Å². The van der Waals surface area contributed by atoms with Gasteiger partial charge in [-0.3, -0.25) is 4.79 Å². The fraction of sp³-hybridized carbons (Fsp3) is 0.0909. The molecule has 4 heteroatoms. The summed E-state index contributed by atoms with van der Waals surface area (Å²) in [5, 5.41) is 0. The highest BCUT2D eigenvalue weighted by molar-refractivity contribution is 6.09. The molecule has 0 fully saturated rings. The molecule has 0 aliphatic rings. The maximum atomic E-state index is 12.5. The summed E-state index contributed by atoms with van der Waals surface area (Å²) in [5.74, 6) is 0.159. The van der Waals surface area contributed by atoms with Crippen LogP contribution >= 0.6 is 0 Å². The molecule has 0 atom stereocenters. The van der Waals surface area contributed by atoms with E-state index in [0.29, 0.717) is 29.0 Å². The number of carbonyl (C=O) groups is 2. The number of hydrogen-bond acceptors (Lipinski definition) is 4. The lowest BCUT2D eigenvalue weighted by Crippen LogP contribution is -2.04. The summed E-state index contributed by atoms with van der Waals surface area (Å²) >= 11 is 0. The van der Waals surface area contributed by atoms with Gasteiger partial charge in [-0.05, 0) is 42.0 Å². The second-order valence-corrected chi connectivity index (χ2v) is 5.70. The van der Waals surface area contributed by atoms with Gasteiger partial charge >= 0.3 is 5.97 Å². The summed E-state index contributed by atoms with van der Waals surface area (Å²) < 4.78 is 10.4. The van der Waals surface area contributed by atoms with Crippen LogP contribution in [0.15, 0.2) is 78.9 Å². The van der Waals surface area contributed by atoms with E-state index in [2.05, 4.69) is 4.74 Å². The second kappa shape index (κ2) is 8.12. The average Bonchev–Trinajstić information content (AvgIpc) is 2.72. The molecule has 0 unspecified atom stereocenters. The SMILES string of the molecule is COC(=O)c1ccc(C(=O)c2ccc(OCc3ccccc3)cc2)cc1. The number of rotatable bonds is 6. The highest BCUT2D eigenvalue weighted by Gasteiger charge is 2.11. The van der Waals surface area contributed by atoms with Crippen LogP contribution in [0.2, 0.25) is 0 Å². The molecular formula is C22H18O4. The molecule has 0 aromatic heterocycles. The lowest BCUT2D eigenvalue weighted by atomic mass is 10.0. The average molecular weight is 346 g/mol. The number of ether oxygens (including phenoxy) is 2. The van der Waals surface area contributed by atoms with Gasteiger partial charge in [-0.2, -0.15) is 0 Å².